The molecule has 98 valence electrons. The molecule has 1 heteroatoms. The highest BCUT2D eigenvalue weighted by Gasteiger charge is 2.10. The fourth-order valence-corrected chi connectivity index (χ4v) is 2.19. The molecule has 0 aliphatic heterocycles. The predicted molar refractivity (Wildman–Crippen MR) is 79.7 cm³/mol. The lowest BCUT2D eigenvalue weighted by molar-refractivity contribution is 0.103. The Bertz CT molecular complexity index is 552. The van der Waals surface area contributed by atoms with E-state index in [9.17, 15) is 4.79 Å². The molecule has 0 aliphatic carbocycles. The molecule has 2 aromatic rings. The summed E-state index contributed by atoms with van der Waals surface area (Å²) in [6.07, 6.45) is 3.49. The molecular weight excluding hydrogens is 232 g/mol. The number of ketones is 1. The van der Waals surface area contributed by atoms with E-state index in [-0.39, 0.29) is 5.78 Å². The maximum atomic E-state index is 12.4. The van der Waals surface area contributed by atoms with Crippen molar-refractivity contribution in [1.82, 2.24) is 0 Å². The van der Waals surface area contributed by atoms with Gasteiger partial charge in [-0.1, -0.05) is 61.9 Å². The maximum absolute atomic E-state index is 12.4. The molecule has 0 unspecified atom stereocenters. The molecule has 0 fully saturated rings. The Morgan fingerprint density at radius 1 is 1.00 bits per heavy atom. The second-order valence-electron chi connectivity index (χ2n) is 4.94. The molecular formula is C18H20O. The first-order chi connectivity index (χ1) is 9.22. The van der Waals surface area contributed by atoms with Crippen molar-refractivity contribution in [3.05, 3.63) is 70.8 Å². The number of rotatable bonds is 5. The first-order valence-corrected chi connectivity index (χ1v) is 6.91. The lowest BCUT2D eigenvalue weighted by Crippen LogP contribution is -2.03. The number of benzene rings is 2. The molecule has 0 aliphatic rings. The van der Waals surface area contributed by atoms with Gasteiger partial charge in [-0.05, 0) is 30.9 Å². The van der Waals surface area contributed by atoms with Crippen molar-refractivity contribution < 1.29 is 4.79 Å². The van der Waals surface area contributed by atoms with E-state index in [1.807, 2.05) is 43.3 Å². The van der Waals surface area contributed by atoms with E-state index in [0.717, 1.165) is 23.1 Å². The Balaban J connectivity index is 2.18. The Morgan fingerprint density at radius 2 is 1.68 bits per heavy atom. The summed E-state index contributed by atoms with van der Waals surface area (Å²) < 4.78 is 0. The minimum atomic E-state index is 0.111. The summed E-state index contributed by atoms with van der Waals surface area (Å²) in [6, 6.07) is 15.8. The van der Waals surface area contributed by atoms with Gasteiger partial charge in [-0.25, -0.2) is 0 Å². The van der Waals surface area contributed by atoms with Crippen molar-refractivity contribution in [3.63, 3.8) is 0 Å². The van der Waals surface area contributed by atoms with Crippen molar-refractivity contribution in [2.75, 3.05) is 0 Å². The van der Waals surface area contributed by atoms with E-state index in [1.165, 1.54) is 18.4 Å². The van der Waals surface area contributed by atoms with Crippen molar-refractivity contribution in [2.45, 2.75) is 33.1 Å². The minimum Gasteiger partial charge on any atom is -0.289 e. The predicted octanol–water partition coefficient (Wildman–Crippen LogP) is 4.57. The number of aryl methyl sites for hydroxylation is 2. The molecule has 0 bridgehead atoms. The van der Waals surface area contributed by atoms with E-state index in [2.05, 4.69) is 19.1 Å². The van der Waals surface area contributed by atoms with Crippen LogP contribution in [0.2, 0.25) is 0 Å². The van der Waals surface area contributed by atoms with Crippen molar-refractivity contribution in [2.24, 2.45) is 0 Å². The molecule has 0 saturated carbocycles. The smallest absolute Gasteiger partial charge is 0.193 e. The highest BCUT2D eigenvalue weighted by molar-refractivity contribution is 6.09. The van der Waals surface area contributed by atoms with Crippen LogP contribution in [0, 0.1) is 6.92 Å². The summed E-state index contributed by atoms with van der Waals surface area (Å²) >= 11 is 0. The third-order valence-electron chi connectivity index (χ3n) is 3.42. The number of carbonyl (C=O) groups is 1. The fraction of sp³-hybridized carbons (Fsp3) is 0.278. The van der Waals surface area contributed by atoms with Gasteiger partial charge in [0, 0.05) is 11.1 Å². The number of carbonyl (C=O) groups excluding carboxylic acids is 1. The first-order valence-electron chi connectivity index (χ1n) is 6.91. The molecule has 0 amide bonds. The largest absolute Gasteiger partial charge is 0.289 e. The van der Waals surface area contributed by atoms with Gasteiger partial charge in [0.1, 0.15) is 0 Å². The van der Waals surface area contributed by atoms with Gasteiger partial charge >= 0.3 is 0 Å². The second-order valence-corrected chi connectivity index (χ2v) is 4.94. The molecule has 0 saturated heterocycles. The Hall–Kier alpha value is -1.89. The Labute approximate surface area is 115 Å². The first kappa shape index (κ1) is 13.5. The van der Waals surface area contributed by atoms with E-state index in [0.29, 0.717) is 0 Å². The molecule has 2 rings (SSSR count). The van der Waals surface area contributed by atoms with Crippen LogP contribution in [0.5, 0.6) is 0 Å². The van der Waals surface area contributed by atoms with Gasteiger partial charge in [0.15, 0.2) is 5.78 Å². The van der Waals surface area contributed by atoms with E-state index in [4.69, 9.17) is 0 Å². The third kappa shape index (κ3) is 3.31. The summed E-state index contributed by atoms with van der Waals surface area (Å²) in [7, 11) is 0. The quantitative estimate of drug-likeness (QED) is 0.712. The van der Waals surface area contributed by atoms with E-state index >= 15 is 0 Å². The topological polar surface area (TPSA) is 17.1 Å². The highest BCUT2D eigenvalue weighted by Crippen LogP contribution is 2.15. The van der Waals surface area contributed by atoms with Crippen LogP contribution in [-0.2, 0) is 6.42 Å². The summed E-state index contributed by atoms with van der Waals surface area (Å²) in [6.45, 7) is 4.17. The van der Waals surface area contributed by atoms with Gasteiger partial charge < -0.3 is 0 Å². The molecule has 0 heterocycles. The van der Waals surface area contributed by atoms with Gasteiger partial charge in [-0.3, -0.25) is 4.79 Å². The summed E-state index contributed by atoms with van der Waals surface area (Å²) in [4.78, 5) is 12.4. The van der Waals surface area contributed by atoms with Crippen molar-refractivity contribution in [3.8, 4) is 0 Å². The van der Waals surface area contributed by atoms with E-state index < -0.39 is 0 Å². The third-order valence-corrected chi connectivity index (χ3v) is 3.42. The second kappa shape index (κ2) is 6.33. The van der Waals surface area contributed by atoms with Crippen molar-refractivity contribution in [1.29, 1.82) is 0 Å². The molecule has 0 aromatic heterocycles. The van der Waals surface area contributed by atoms with Gasteiger partial charge in [-0.2, -0.15) is 0 Å². The zero-order valence-corrected chi connectivity index (χ0v) is 11.6. The average molecular weight is 252 g/mol. The molecule has 2 aromatic carbocycles. The molecule has 0 spiro atoms. The summed E-state index contributed by atoms with van der Waals surface area (Å²) in [5.74, 6) is 0.111. The maximum Gasteiger partial charge on any atom is 0.193 e. The monoisotopic (exact) mass is 252 g/mol. The van der Waals surface area contributed by atoms with Crippen LogP contribution >= 0.6 is 0 Å². The van der Waals surface area contributed by atoms with E-state index in [1.54, 1.807) is 0 Å². The van der Waals surface area contributed by atoms with Crippen LogP contribution in [-0.4, -0.2) is 5.78 Å². The van der Waals surface area contributed by atoms with Crippen molar-refractivity contribution >= 4 is 5.78 Å². The normalized spacial score (nSPS) is 10.4. The van der Waals surface area contributed by atoms with Crippen LogP contribution in [0.4, 0.5) is 0 Å². The number of unbranched alkanes of at least 4 members (excludes halogenated alkanes) is 1. The number of hydrogen-bond acceptors (Lipinski definition) is 1. The number of hydrogen-bond donors (Lipinski definition) is 0. The van der Waals surface area contributed by atoms with Gasteiger partial charge in [0.2, 0.25) is 0 Å². The molecule has 0 N–H and O–H groups in total. The molecule has 19 heavy (non-hydrogen) atoms. The summed E-state index contributed by atoms with van der Waals surface area (Å²) in [5, 5.41) is 0. The lowest BCUT2D eigenvalue weighted by Gasteiger charge is -2.06. The van der Waals surface area contributed by atoms with Crippen LogP contribution < -0.4 is 0 Å². The van der Waals surface area contributed by atoms with Crippen LogP contribution in [0.15, 0.2) is 48.5 Å². The summed E-state index contributed by atoms with van der Waals surface area (Å²) in [5.41, 5.74) is 3.91. The standard InChI is InChI=1S/C18H20O/c1-3-4-8-15-10-12-16(13-11-15)18(19)17-9-6-5-7-14(17)2/h5-7,9-13H,3-4,8H2,1-2H3. The molecule has 0 radical (unpaired) electrons. The SMILES string of the molecule is CCCCc1ccc(C(=O)c2ccccc2C)cc1. The van der Waals surface area contributed by atoms with Gasteiger partial charge in [0.05, 0.1) is 0 Å². The van der Waals surface area contributed by atoms with Crippen LogP contribution in [0.3, 0.4) is 0 Å². The zero-order chi connectivity index (χ0) is 13.7. The average Bonchev–Trinajstić information content (AvgIpc) is 2.45. The van der Waals surface area contributed by atoms with Crippen LogP contribution in [0.25, 0.3) is 0 Å². The fourth-order valence-electron chi connectivity index (χ4n) is 2.19. The zero-order valence-electron chi connectivity index (χ0n) is 11.6. The van der Waals surface area contributed by atoms with Gasteiger partial charge in [0.25, 0.3) is 0 Å². The minimum absolute atomic E-state index is 0.111. The van der Waals surface area contributed by atoms with Gasteiger partial charge in [-0.15, -0.1) is 0 Å². The Kier molecular flexibility index (Phi) is 4.51. The Morgan fingerprint density at radius 3 is 2.32 bits per heavy atom. The molecule has 1 nitrogen and oxygen atoms in total. The highest BCUT2D eigenvalue weighted by atomic mass is 16.1. The lowest BCUT2D eigenvalue weighted by atomic mass is 9.97. The van der Waals surface area contributed by atoms with Crippen LogP contribution in [0.1, 0.15) is 46.8 Å². The molecule has 0 atom stereocenters.